The molecular formula is C27H36N6O6. The van der Waals surface area contributed by atoms with E-state index in [0.29, 0.717) is 30.7 Å². The number of unbranched alkanes of at least 4 members (excludes halogenated alkanes) is 1. The summed E-state index contributed by atoms with van der Waals surface area (Å²) in [4.78, 5) is 62.5. The molecule has 0 radical (unpaired) electrons. The van der Waals surface area contributed by atoms with E-state index in [4.69, 9.17) is 21.9 Å². The second-order valence-electron chi connectivity index (χ2n) is 8.92. The molecule has 2 rings (SSSR count). The van der Waals surface area contributed by atoms with E-state index >= 15 is 0 Å². The van der Waals surface area contributed by atoms with Crippen molar-refractivity contribution in [2.24, 2.45) is 17.2 Å². The second kappa shape index (κ2) is 15.7. The number of hydrogen-bond donors (Lipinski definition) is 6. The van der Waals surface area contributed by atoms with Gasteiger partial charge >= 0.3 is 0 Å². The number of amides is 5. The Morgan fingerprint density at radius 3 is 1.97 bits per heavy atom. The lowest BCUT2D eigenvalue weighted by molar-refractivity contribution is -0.133. The molecule has 5 amide bonds. The number of nitrogens with one attached hydrogen (secondary N) is 3. The van der Waals surface area contributed by atoms with Gasteiger partial charge in [0.1, 0.15) is 23.9 Å². The summed E-state index contributed by atoms with van der Waals surface area (Å²) >= 11 is 0. The first kappa shape index (κ1) is 30.8. The molecule has 3 atom stereocenters. The molecule has 0 aliphatic heterocycles. The van der Waals surface area contributed by atoms with Crippen LogP contribution in [0.25, 0.3) is 0 Å². The lowest BCUT2D eigenvalue weighted by atomic mass is 10.0. The molecule has 9 N–H and O–H groups in total. The van der Waals surface area contributed by atoms with Crippen LogP contribution in [0.4, 0.5) is 0 Å². The molecule has 12 nitrogen and oxygen atoms in total. The minimum Gasteiger partial charge on any atom is -0.497 e. The number of carbonyl (C=O) groups is 5. The summed E-state index contributed by atoms with van der Waals surface area (Å²) < 4.78 is 5.12. The van der Waals surface area contributed by atoms with Gasteiger partial charge in [0.2, 0.25) is 23.6 Å². The van der Waals surface area contributed by atoms with E-state index in [1.807, 2.05) is 18.2 Å². The number of carbonyl (C=O) groups excluding carboxylic acids is 5. The first-order valence-corrected chi connectivity index (χ1v) is 12.5. The molecule has 0 aromatic heterocycles. The lowest BCUT2D eigenvalue weighted by Gasteiger charge is -2.25. The Kier molecular flexibility index (Phi) is 12.4. The normalized spacial score (nSPS) is 12.9. The van der Waals surface area contributed by atoms with Gasteiger partial charge in [-0.2, -0.15) is 0 Å². The third-order valence-electron chi connectivity index (χ3n) is 5.90. The predicted molar refractivity (Wildman–Crippen MR) is 144 cm³/mol. The van der Waals surface area contributed by atoms with Crippen LogP contribution in [0.15, 0.2) is 54.6 Å². The van der Waals surface area contributed by atoms with Gasteiger partial charge in [-0.1, -0.05) is 30.3 Å². The van der Waals surface area contributed by atoms with E-state index in [-0.39, 0.29) is 12.8 Å². The molecule has 0 bridgehead atoms. The summed E-state index contributed by atoms with van der Waals surface area (Å²) in [5.41, 5.74) is 17.1. The molecule has 39 heavy (non-hydrogen) atoms. The Balaban J connectivity index is 2.25. The van der Waals surface area contributed by atoms with Crippen molar-refractivity contribution in [3.05, 3.63) is 65.7 Å². The maximum Gasteiger partial charge on any atom is 0.251 e. The van der Waals surface area contributed by atoms with Gasteiger partial charge in [0.15, 0.2) is 0 Å². The first-order chi connectivity index (χ1) is 18.6. The standard InChI is InChI=1S/C27H36N6O6/c1-39-19-12-10-18(11-13-19)25(36)33-22(15-17-7-3-2-4-8-17)27(38)31-20(9-5-6-14-28)26(37)32-21(24(30)35)16-23(29)34/h2-4,7-8,10-13,20-22H,5-6,9,14-16,28H2,1H3,(H2,29,34)(H2,30,35)(H,31,38)(H,32,37)(H,33,36)/t20-,21-,22-/m0/s1. The zero-order valence-electron chi connectivity index (χ0n) is 21.9. The fraction of sp³-hybridized carbons (Fsp3) is 0.370. The Labute approximate surface area is 227 Å². The van der Waals surface area contributed by atoms with Crippen molar-refractivity contribution in [2.45, 2.75) is 50.2 Å². The van der Waals surface area contributed by atoms with Gasteiger partial charge in [0, 0.05) is 12.0 Å². The number of benzene rings is 2. The van der Waals surface area contributed by atoms with Crippen molar-refractivity contribution in [1.82, 2.24) is 16.0 Å². The molecule has 2 aromatic carbocycles. The van der Waals surface area contributed by atoms with Crippen molar-refractivity contribution in [3.63, 3.8) is 0 Å². The van der Waals surface area contributed by atoms with E-state index in [0.717, 1.165) is 5.56 Å². The molecule has 0 aliphatic rings. The van der Waals surface area contributed by atoms with E-state index < -0.39 is 54.1 Å². The SMILES string of the molecule is COc1ccc(C(=O)N[C@@H](Cc2ccccc2)C(=O)N[C@@H](CCCCN)C(=O)N[C@@H](CC(N)=O)C(N)=O)cc1. The van der Waals surface area contributed by atoms with Crippen LogP contribution in [0.2, 0.25) is 0 Å². The van der Waals surface area contributed by atoms with Crippen LogP contribution in [0, 0.1) is 0 Å². The third-order valence-corrected chi connectivity index (χ3v) is 5.90. The summed E-state index contributed by atoms with van der Waals surface area (Å²) in [5, 5.41) is 7.80. The fourth-order valence-corrected chi connectivity index (χ4v) is 3.77. The van der Waals surface area contributed by atoms with Crippen LogP contribution in [-0.2, 0) is 25.6 Å². The second-order valence-corrected chi connectivity index (χ2v) is 8.92. The van der Waals surface area contributed by atoms with Gasteiger partial charge < -0.3 is 37.9 Å². The van der Waals surface area contributed by atoms with Gasteiger partial charge in [-0.25, -0.2) is 0 Å². The quantitative estimate of drug-likeness (QED) is 0.154. The molecule has 12 heteroatoms. The van der Waals surface area contributed by atoms with Gasteiger partial charge in [0.05, 0.1) is 13.5 Å². The highest BCUT2D eigenvalue weighted by atomic mass is 16.5. The van der Waals surface area contributed by atoms with Crippen LogP contribution in [-0.4, -0.2) is 61.3 Å². The number of nitrogens with two attached hydrogens (primary N) is 3. The molecule has 0 unspecified atom stereocenters. The van der Waals surface area contributed by atoms with Crippen LogP contribution in [0.1, 0.15) is 41.6 Å². The zero-order chi connectivity index (χ0) is 28.8. The van der Waals surface area contributed by atoms with Gasteiger partial charge in [0.25, 0.3) is 5.91 Å². The zero-order valence-corrected chi connectivity index (χ0v) is 21.9. The minimum atomic E-state index is -1.33. The van der Waals surface area contributed by atoms with Crippen molar-refractivity contribution >= 4 is 29.5 Å². The molecule has 0 saturated heterocycles. The van der Waals surface area contributed by atoms with E-state index in [2.05, 4.69) is 16.0 Å². The largest absolute Gasteiger partial charge is 0.497 e. The highest BCUT2D eigenvalue weighted by Crippen LogP contribution is 2.12. The first-order valence-electron chi connectivity index (χ1n) is 12.5. The number of hydrogen-bond acceptors (Lipinski definition) is 7. The molecule has 0 fully saturated rings. The molecule has 0 spiro atoms. The van der Waals surface area contributed by atoms with Crippen LogP contribution in [0.3, 0.4) is 0 Å². The molecule has 2 aromatic rings. The topological polar surface area (TPSA) is 209 Å². The summed E-state index contributed by atoms with van der Waals surface area (Å²) in [6, 6.07) is 12.0. The fourth-order valence-electron chi connectivity index (χ4n) is 3.77. The van der Waals surface area contributed by atoms with Crippen LogP contribution >= 0.6 is 0 Å². The highest BCUT2D eigenvalue weighted by Gasteiger charge is 2.29. The van der Waals surface area contributed by atoms with E-state index in [1.165, 1.54) is 7.11 Å². The monoisotopic (exact) mass is 540 g/mol. The predicted octanol–water partition coefficient (Wildman–Crippen LogP) is -0.504. The Bertz CT molecular complexity index is 1130. The lowest BCUT2D eigenvalue weighted by Crippen LogP contribution is -2.57. The number of ether oxygens (including phenoxy) is 1. The summed E-state index contributed by atoms with van der Waals surface area (Å²) in [6.07, 6.45) is 0.938. The van der Waals surface area contributed by atoms with Gasteiger partial charge in [-0.15, -0.1) is 0 Å². The maximum absolute atomic E-state index is 13.4. The molecule has 0 saturated carbocycles. The highest BCUT2D eigenvalue weighted by molar-refractivity contribution is 5.99. The molecule has 0 aliphatic carbocycles. The minimum absolute atomic E-state index is 0.150. The summed E-state index contributed by atoms with van der Waals surface area (Å²) in [7, 11) is 1.51. The number of primary amides is 2. The van der Waals surface area contributed by atoms with Crippen molar-refractivity contribution in [2.75, 3.05) is 13.7 Å². The Morgan fingerprint density at radius 2 is 1.41 bits per heavy atom. The van der Waals surface area contributed by atoms with E-state index in [1.54, 1.807) is 36.4 Å². The molecule has 210 valence electrons. The summed E-state index contributed by atoms with van der Waals surface area (Å²) in [5.74, 6) is -3.02. The summed E-state index contributed by atoms with van der Waals surface area (Å²) in [6.45, 7) is 0.377. The number of methoxy groups -OCH3 is 1. The molecule has 0 heterocycles. The van der Waals surface area contributed by atoms with Crippen molar-refractivity contribution in [3.8, 4) is 5.75 Å². The Morgan fingerprint density at radius 1 is 0.795 bits per heavy atom. The van der Waals surface area contributed by atoms with Crippen molar-refractivity contribution < 1.29 is 28.7 Å². The maximum atomic E-state index is 13.4. The van der Waals surface area contributed by atoms with Crippen molar-refractivity contribution in [1.29, 1.82) is 0 Å². The van der Waals surface area contributed by atoms with Crippen LogP contribution in [0.5, 0.6) is 5.75 Å². The Hall–Kier alpha value is -4.45. The number of rotatable bonds is 16. The van der Waals surface area contributed by atoms with Gasteiger partial charge in [-0.3, -0.25) is 24.0 Å². The third kappa shape index (κ3) is 10.4. The smallest absolute Gasteiger partial charge is 0.251 e. The average Bonchev–Trinajstić information content (AvgIpc) is 2.92. The average molecular weight is 541 g/mol. The van der Waals surface area contributed by atoms with Gasteiger partial charge in [-0.05, 0) is 55.6 Å². The van der Waals surface area contributed by atoms with E-state index in [9.17, 15) is 24.0 Å². The van der Waals surface area contributed by atoms with Crippen LogP contribution < -0.4 is 37.9 Å². The molecular weight excluding hydrogens is 504 g/mol.